The number of quaternary nitrogens is 1. The highest BCUT2D eigenvalue weighted by Crippen LogP contribution is 2.09. The monoisotopic (exact) mass is 212 g/mol. The maximum Gasteiger partial charge on any atom is 0.228 e. The van der Waals surface area contributed by atoms with Crippen LogP contribution in [0.1, 0.15) is 6.42 Å². The van der Waals surface area contributed by atoms with Crippen molar-refractivity contribution in [1.82, 2.24) is 0 Å². The second kappa shape index (κ2) is 5.66. The molecule has 0 aliphatic heterocycles. The van der Waals surface area contributed by atoms with Crippen molar-refractivity contribution in [1.29, 1.82) is 0 Å². The number of nitrogens with two attached hydrogens (primary N) is 1. The molecule has 0 aromatic heterocycles. The predicted octanol–water partition coefficient (Wildman–Crippen LogP) is 0.144. The summed E-state index contributed by atoms with van der Waals surface area (Å²) in [6.07, 6.45) is 1.60. The summed E-state index contributed by atoms with van der Waals surface area (Å²) in [7, 11) is 3.98. The van der Waals surface area contributed by atoms with E-state index in [2.05, 4.69) is 13.5 Å². The summed E-state index contributed by atoms with van der Waals surface area (Å²) >= 11 is 0. The maximum absolute atomic E-state index is 11.3. The molecule has 0 heterocycles. The largest absolute Gasteiger partial charge is 0.369 e. The van der Waals surface area contributed by atoms with E-state index < -0.39 is 11.8 Å². The fraction of sp³-hybridized carbons (Fsp3) is 0.545. The molecule has 4 nitrogen and oxygen atoms in total. The number of carbonyl (C=O) groups excluding carboxylic acids is 2. The topological polar surface area (TPSA) is 60.2 Å². The minimum absolute atomic E-state index is 0.299. The summed E-state index contributed by atoms with van der Waals surface area (Å²) < 4.78 is 0.661. The smallest absolute Gasteiger partial charge is 0.228 e. The lowest BCUT2D eigenvalue weighted by atomic mass is 9.99. The van der Waals surface area contributed by atoms with Crippen LogP contribution in [0.4, 0.5) is 0 Å². The molecule has 0 bridgehead atoms. The Labute approximate surface area is 91.3 Å². The Morgan fingerprint density at radius 3 is 2.33 bits per heavy atom. The average molecular weight is 212 g/mol. The van der Waals surface area contributed by atoms with Gasteiger partial charge < -0.3 is 10.2 Å². The zero-order valence-electron chi connectivity index (χ0n) is 9.53. The summed E-state index contributed by atoms with van der Waals surface area (Å²) in [4.78, 5) is 22.4. The standard InChI is InChI=1S/C11H19N2O2/c1-5-10(14)9(11(12)15)7-8-13(3,4)6-2/h5,9H,1-2,6-8H2,3-4H3,(H-,12,15)/p+1. The lowest BCUT2D eigenvalue weighted by molar-refractivity contribution is -0.885. The van der Waals surface area contributed by atoms with Crippen LogP contribution in [0, 0.1) is 12.8 Å². The molecule has 0 spiro atoms. The van der Waals surface area contributed by atoms with Crippen LogP contribution in [-0.2, 0) is 9.59 Å². The number of carbonyl (C=O) groups is 2. The number of hydrogen-bond donors (Lipinski definition) is 1. The van der Waals surface area contributed by atoms with E-state index in [1.165, 1.54) is 0 Å². The van der Waals surface area contributed by atoms with E-state index in [1.54, 1.807) is 0 Å². The van der Waals surface area contributed by atoms with Crippen LogP contribution in [0.15, 0.2) is 12.7 Å². The summed E-state index contributed by atoms with van der Waals surface area (Å²) in [5.41, 5.74) is 5.15. The van der Waals surface area contributed by atoms with E-state index in [4.69, 9.17) is 5.73 Å². The first kappa shape index (κ1) is 13.8. The molecule has 15 heavy (non-hydrogen) atoms. The summed E-state index contributed by atoms with van der Waals surface area (Å²) in [6.45, 7) is 8.54. The number of allylic oxidation sites excluding steroid dienone is 1. The molecule has 0 saturated carbocycles. The minimum Gasteiger partial charge on any atom is -0.369 e. The molecule has 0 rings (SSSR count). The second-order valence-electron chi connectivity index (χ2n) is 4.23. The highest BCUT2D eigenvalue weighted by atomic mass is 16.2. The highest BCUT2D eigenvalue weighted by Gasteiger charge is 2.25. The number of nitrogens with zero attached hydrogens (tertiary/aromatic N) is 1. The summed E-state index contributed by atoms with van der Waals surface area (Å²) in [5.74, 6) is -1.62. The van der Waals surface area contributed by atoms with E-state index in [9.17, 15) is 9.59 Å². The molecule has 0 aromatic rings. The molecule has 0 aromatic carbocycles. The Balaban J connectivity index is 4.38. The molecule has 0 aliphatic carbocycles. The van der Waals surface area contributed by atoms with Gasteiger partial charge in [-0.05, 0) is 6.08 Å². The van der Waals surface area contributed by atoms with E-state index in [0.717, 1.165) is 6.08 Å². The van der Waals surface area contributed by atoms with Gasteiger partial charge in [-0.25, -0.2) is 0 Å². The van der Waals surface area contributed by atoms with Crippen molar-refractivity contribution in [2.45, 2.75) is 6.42 Å². The molecule has 1 atom stereocenters. The van der Waals surface area contributed by atoms with Crippen molar-refractivity contribution in [3.05, 3.63) is 19.6 Å². The third-order valence-corrected chi connectivity index (χ3v) is 2.52. The molecule has 4 heteroatoms. The van der Waals surface area contributed by atoms with Crippen molar-refractivity contribution in [3.8, 4) is 0 Å². The van der Waals surface area contributed by atoms with Crippen molar-refractivity contribution >= 4 is 11.7 Å². The van der Waals surface area contributed by atoms with Crippen LogP contribution in [0.25, 0.3) is 0 Å². The second-order valence-corrected chi connectivity index (χ2v) is 4.23. The number of primary amides is 1. The third kappa shape index (κ3) is 4.74. The number of amides is 1. The molecule has 0 aliphatic rings. The molecule has 85 valence electrons. The van der Waals surface area contributed by atoms with Gasteiger partial charge >= 0.3 is 0 Å². The first-order valence-electron chi connectivity index (χ1n) is 4.91. The van der Waals surface area contributed by atoms with E-state index in [0.29, 0.717) is 24.0 Å². The van der Waals surface area contributed by atoms with Gasteiger partial charge in [0, 0.05) is 13.3 Å². The Kier molecular flexibility index (Phi) is 5.22. The molecule has 0 saturated heterocycles. The predicted molar refractivity (Wildman–Crippen MR) is 59.7 cm³/mol. The maximum atomic E-state index is 11.3. The summed E-state index contributed by atoms with van der Waals surface area (Å²) in [5, 5.41) is 0. The van der Waals surface area contributed by atoms with E-state index >= 15 is 0 Å². The molecule has 0 fully saturated rings. The van der Waals surface area contributed by atoms with Gasteiger partial charge in [0.15, 0.2) is 5.78 Å². The Hall–Kier alpha value is -1.16. The molecular formula is C11H20N2O2+. The van der Waals surface area contributed by atoms with Crippen molar-refractivity contribution in [2.75, 3.05) is 27.2 Å². The van der Waals surface area contributed by atoms with Crippen molar-refractivity contribution < 1.29 is 14.1 Å². The highest BCUT2D eigenvalue weighted by molar-refractivity contribution is 6.05. The van der Waals surface area contributed by atoms with Crippen LogP contribution >= 0.6 is 0 Å². The molecule has 2 N–H and O–H groups in total. The quantitative estimate of drug-likeness (QED) is 0.371. The zero-order chi connectivity index (χ0) is 12.1. The third-order valence-electron chi connectivity index (χ3n) is 2.52. The number of hydrogen-bond acceptors (Lipinski definition) is 2. The average Bonchev–Trinajstić information content (AvgIpc) is 2.17. The van der Waals surface area contributed by atoms with Gasteiger partial charge in [-0.1, -0.05) is 6.58 Å². The lowest BCUT2D eigenvalue weighted by Crippen LogP contribution is -2.43. The lowest BCUT2D eigenvalue weighted by Gasteiger charge is -2.29. The fourth-order valence-corrected chi connectivity index (χ4v) is 1.16. The van der Waals surface area contributed by atoms with Crippen LogP contribution in [0.5, 0.6) is 0 Å². The number of ketones is 1. The van der Waals surface area contributed by atoms with Gasteiger partial charge in [0.25, 0.3) is 0 Å². The van der Waals surface area contributed by atoms with Crippen LogP contribution in [0.3, 0.4) is 0 Å². The SMILES string of the molecule is [CH2]C[N+](C)(C)CCC(C(N)=O)C(=O)C=C. The minimum atomic E-state index is -0.744. The first-order chi connectivity index (χ1) is 6.84. The van der Waals surface area contributed by atoms with Gasteiger partial charge in [-0.15, -0.1) is 0 Å². The fourth-order valence-electron chi connectivity index (χ4n) is 1.16. The zero-order valence-corrected chi connectivity index (χ0v) is 9.53. The normalized spacial score (nSPS) is 13.3. The van der Waals surface area contributed by atoms with Crippen molar-refractivity contribution in [2.24, 2.45) is 11.7 Å². The number of rotatable bonds is 7. The molecule has 1 unspecified atom stereocenters. The van der Waals surface area contributed by atoms with Gasteiger partial charge in [-0.2, -0.15) is 0 Å². The molecular weight excluding hydrogens is 192 g/mol. The van der Waals surface area contributed by atoms with Gasteiger partial charge in [0.1, 0.15) is 5.92 Å². The first-order valence-corrected chi connectivity index (χ1v) is 4.91. The van der Waals surface area contributed by atoms with Gasteiger partial charge in [0.2, 0.25) is 5.91 Å². The molecule has 1 amide bonds. The Morgan fingerprint density at radius 2 is 2.00 bits per heavy atom. The van der Waals surface area contributed by atoms with Crippen LogP contribution in [0.2, 0.25) is 0 Å². The van der Waals surface area contributed by atoms with Crippen LogP contribution in [-0.4, -0.2) is 43.4 Å². The Bertz CT molecular complexity index is 259. The van der Waals surface area contributed by atoms with E-state index in [-0.39, 0.29) is 5.78 Å². The van der Waals surface area contributed by atoms with Crippen LogP contribution < -0.4 is 5.73 Å². The Morgan fingerprint density at radius 1 is 1.47 bits per heavy atom. The van der Waals surface area contributed by atoms with E-state index in [1.807, 2.05) is 14.1 Å². The van der Waals surface area contributed by atoms with Gasteiger partial charge in [0.05, 0.1) is 27.2 Å². The van der Waals surface area contributed by atoms with Gasteiger partial charge in [-0.3, -0.25) is 9.59 Å². The van der Waals surface area contributed by atoms with Crippen molar-refractivity contribution in [3.63, 3.8) is 0 Å². The summed E-state index contributed by atoms with van der Waals surface area (Å²) in [6, 6.07) is 0. The molecule has 1 radical (unpaired) electrons.